The van der Waals surface area contributed by atoms with Crippen molar-refractivity contribution in [3.63, 3.8) is 0 Å². The van der Waals surface area contributed by atoms with Crippen molar-refractivity contribution < 1.29 is 17.6 Å². The van der Waals surface area contributed by atoms with Gasteiger partial charge in [0.05, 0.1) is 24.3 Å². The van der Waals surface area contributed by atoms with Crippen molar-refractivity contribution in [2.75, 3.05) is 11.5 Å². The summed E-state index contributed by atoms with van der Waals surface area (Å²) >= 11 is 0. The number of aryl methyl sites for hydroxylation is 1. The molecule has 0 bridgehead atoms. The van der Waals surface area contributed by atoms with Crippen molar-refractivity contribution in [3.8, 4) is 0 Å². The summed E-state index contributed by atoms with van der Waals surface area (Å²) in [7, 11) is -3.07. The third kappa shape index (κ3) is 3.64. The van der Waals surface area contributed by atoms with Crippen molar-refractivity contribution in [2.45, 2.75) is 25.9 Å². The van der Waals surface area contributed by atoms with E-state index in [4.69, 9.17) is 4.42 Å². The molecule has 6 heteroatoms. The first kappa shape index (κ1) is 15.8. The molecule has 1 aliphatic rings. The van der Waals surface area contributed by atoms with Crippen molar-refractivity contribution in [1.29, 1.82) is 0 Å². The number of benzene rings is 1. The summed E-state index contributed by atoms with van der Waals surface area (Å²) < 4.78 is 28.9. The third-order valence-electron chi connectivity index (χ3n) is 4.11. The van der Waals surface area contributed by atoms with Gasteiger partial charge in [-0.1, -0.05) is 17.7 Å². The topological polar surface area (TPSA) is 67.6 Å². The Bertz CT molecular complexity index is 779. The number of sulfone groups is 1. The van der Waals surface area contributed by atoms with E-state index in [2.05, 4.69) is 0 Å². The second kappa shape index (κ2) is 6.20. The van der Waals surface area contributed by atoms with Gasteiger partial charge in [0, 0.05) is 11.6 Å². The first-order valence-electron chi connectivity index (χ1n) is 7.55. The molecular formula is C17H19NO4S. The summed E-state index contributed by atoms with van der Waals surface area (Å²) in [5.41, 5.74) is 1.63. The second-order valence-corrected chi connectivity index (χ2v) is 8.16. The average Bonchev–Trinajstić information content (AvgIpc) is 3.14. The van der Waals surface area contributed by atoms with E-state index in [1.54, 1.807) is 35.4 Å². The Hall–Kier alpha value is -2.08. The van der Waals surface area contributed by atoms with Gasteiger partial charge in [-0.15, -0.1) is 0 Å². The summed E-state index contributed by atoms with van der Waals surface area (Å²) in [6.07, 6.45) is 2.02. The van der Waals surface area contributed by atoms with Crippen LogP contribution in [0.5, 0.6) is 0 Å². The zero-order valence-corrected chi connectivity index (χ0v) is 13.8. The molecule has 1 aromatic heterocycles. The monoisotopic (exact) mass is 333 g/mol. The normalized spacial score (nSPS) is 19.6. The zero-order valence-electron chi connectivity index (χ0n) is 12.9. The molecule has 0 unspecified atom stereocenters. The standard InChI is InChI=1S/C17H19NO4S/c1-13-4-6-14(7-5-13)17(19)18(11-16-3-2-9-22-16)15-8-10-23(20,21)12-15/h2-7,9,15H,8,10-12H2,1H3/t15-/m0/s1. The fourth-order valence-corrected chi connectivity index (χ4v) is 4.55. The lowest BCUT2D eigenvalue weighted by molar-refractivity contribution is 0.0666. The minimum atomic E-state index is -3.07. The molecule has 23 heavy (non-hydrogen) atoms. The third-order valence-corrected chi connectivity index (χ3v) is 5.87. The summed E-state index contributed by atoms with van der Waals surface area (Å²) in [5.74, 6) is 0.636. The summed E-state index contributed by atoms with van der Waals surface area (Å²) in [6, 6.07) is 10.5. The van der Waals surface area contributed by atoms with Crippen molar-refractivity contribution in [2.24, 2.45) is 0 Å². The molecule has 1 saturated heterocycles. The van der Waals surface area contributed by atoms with Crippen LogP contribution >= 0.6 is 0 Å². The molecule has 122 valence electrons. The Morgan fingerprint density at radius 2 is 2.00 bits per heavy atom. The summed E-state index contributed by atoms with van der Waals surface area (Å²) in [6.45, 7) is 2.23. The molecule has 1 aliphatic heterocycles. The van der Waals surface area contributed by atoms with Crippen LogP contribution in [-0.4, -0.2) is 36.8 Å². The van der Waals surface area contributed by atoms with E-state index in [0.717, 1.165) is 5.56 Å². The Labute approximate surface area is 135 Å². The van der Waals surface area contributed by atoms with Crippen molar-refractivity contribution in [3.05, 3.63) is 59.5 Å². The van der Waals surface area contributed by atoms with Crippen LogP contribution in [0.2, 0.25) is 0 Å². The Morgan fingerprint density at radius 1 is 1.26 bits per heavy atom. The van der Waals surface area contributed by atoms with E-state index < -0.39 is 9.84 Å². The van der Waals surface area contributed by atoms with Crippen LogP contribution in [0.1, 0.15) is 28.1 Å². The van der Waals surface area contributed by atoms with E-state index >= 15 is 0 Å². The second-order valence-electron chi connectivity index (χ2n) is 5.94. The maximum atomic E-state index is 12.9. The van der Waals surface area contributed by atoms with E-state index in [0.29, 0.717) is 17.7 Å². The minimum Gasteiger partial charge on any atom is -0.467 e. The van der Waals surface area contributed by atoms with Gasteiger partial charge in [-0.3, -0.25) is 4.79 Å². The van der Waals surface area contributed by atoms with Gasteiger partial charge in [-0.25, -0.2) is 8.42 Å². The molecule has 1 atom stereocenters. The maximum absolute atomic E-state index is 12.9. The molecule has 1 amide bonds. The first-order valence-corrected chi connectivity index (χ1v) is 9.37. The maximum Gasteiger partial charge on any atom is 0.254 e. The zero-order chi connectivity index (χ0) is 16.4. The van der Waals surface area contributed by atoms with Crippen LogP contribution in [0.4, 0.5) is 0 Å². The van der Waals surface area contributed by atoms with Crippen LogP contribution in [0, 0.1) is 6.92 Å². The highest BCUT2D eigenvalue weighted by Crippen LogP contribution is 2.22. The van der Waals surface area contributed by atoms with Gasteiger partial charge in [0.1, 0.15) is 5.76 Å². The predicted octanol–water partition coefficient (Wildman–Crippen LogP) is 2.42. The molecule has 5 nitrogen and oxygen atoms in total. The highest BCUT2D eigenvalue weighted by molar-refractivity contribution is 7.91. The number of carbonyl (C=O) groups is 1. The number of rotatable bonds is 4. The lowest BCUT2D eigenvalue weighted by Gasteiger charge is -2.27. The smallest absolute Gasteiger partial charge is 0.254 e. The van der Waals surface area contributed by atoms with Crippen LogP contribution in [0.3, 0.4) is 0 Å². The van der Waals surface area contributed by atoms with Gasteiger partial charge in [0.25, 0.3) is 5.91 Å². The van der Waals surface area contributed by atoms with Crippen LogP contribution in [0.25, 0.3) is 0 Å². The highest BCUT2D eigenvalue weighted by atomic mass is 32.2. The number of amides is 1. The average molecular weight is 333 g/mol. The molecule has 0 radical (unpaired) electrons. The number of hydrogen-bond donors (Lipinski definition) is 0. The lowest BCUT2D eigenvalue weighted by Crippen LogP contribution is -2.40. The SMILES string of the molecule is Cc1ccc(C(=O)N(Cc2ccco2)[C@H]2CCS(=O)(=O)C2)cc1. The molecule has 1 aromatic carbocycles. The number of hydrogen-bond acceptors (Lipinski definition) is 4. The number of nitrogens with zero attached hydrogens (tertiary/aromatic N) is 1. The van der Waals surface area contributed by atoms with Gasteiger partial charge >= 0.3 is 0 Å². The molecule has 0 saturated carbocycles. The molecule has 0 N–H and O–H groups in total. The highest BCUT2D eigenvalue weighted by Gasteiger charge is 2.35. The summed E-state index contributed by atoms with van der Waals surface area (Å²) in [5, 5.41) is 0. The Kier molecular flexibility index (Phi) is 4.26. The van der Waals surface area contributed by atoms with Crippen LogP contribution in [-0.2, 0) is 16.4 Å². The first-order chi connectivity index (χ1) is 10.9. The van der Waals surface area contributed by atoms with Crippen molar-refractivity contribution >= 4 is 15.7 Å². The lowest BCUT2D eigenvalue weighted by atomic mass is 10.1. The fourth-order valence-electron chi connectivity index (χ4n) is 2.82. The van der Waals surface area contributed by atoms with Gasteiger partial charge < -0.3 is 9.32 Å². The van der Waals surface area contributed by atoms with Gasteiger partial charge in [-0.2, -0.15) is 0 Å². The molecular weight excluding hydrogens is 314 g/mol. The van der Waals surface area contributed by atoms with E-state index in [-0.39, 0.29) is 30.0 Å². The fraction of sp³-hybridized carbons (Fsp3) is 0.353. The van der Waals surface area contributed by atoms with Gasteiger partial charge in [0.2, 0.25) is 0 Å². The van der Waals surface area contributed by atoms with E-state index in [1.165, 1.54) is 0 Å². The largest absolute Gasteiger partial charge is 0.467 e. The minimum absolute atomic E-state index is 0.0192. The molecule has 0 spiro atoms. The molecule has 2 heterocycles. The van der Waals surface area contributed by atoms with Gasteiger partial charge in [-0.05, 0) is 37.6 Å². The molecule has 3 rings (SSSR count). The Morgan fingerprint density at radius 3 is 2.57 bits per heavy atom. The Balaban J connectivity index is 1.88. The van der Waals surface area contributed by atoms with E-state index in [9.17, 15) is 13.2 Å². The number of furan rings is 1. The summed E-state index contributed by atoms with van der Waals surface area (Å²) in [4.78, 5) is 14.5. The van der Waals surface area contributed by atoms with Crippen molar-refractivity contribution in [1.82, 2.24) is 4.90 Å². The number of carbonyl (C=O) groups excluding carboxylic acids is 1. The van der Waals surface area contributed by atoms with Crippen LogP contribution in [0.15, 0.2) is 47.1 Å². The molecule has 0 aliphatic carbocycles. The molecule has 2 aromatic rings. The predicted molar refractivity (Wildman–Crippen MR) is 86.8 cm³/mol. The quantitative estimate of drug-likeness (QED) is 0.862. The van der Waals surface area contributed by atoms with E-state index in [1.807, 2.05) is 19.1 Å². The van der Waals surface area contributed by atoms with Gasteiger partial charge in [0.15, 0.2) is 9.84 Å². The molecule has 1 fully saturated rings. The van der Waals surface area contributed by atoms with Crippen LogP contribution < -0.4 is 0 Å².